The molecule has 1 aliphatic rings. The summed E-state index contributed by atoms with van der Waals surface area (Å²) in [6.07, 6.45) is 3.05. The molecule has 0 amide bonds. The number of hydrogen-bond acceptors (Lipinski definition) is 4. The molecule has 34 heavy (non-hydrogen) atoms. The maximum atomic E-state index is 13.2. The van der Waals surface area contributed by atoms with E-state index in [1.165, 1.54) is 6.08 Å². The van der Waals surface area contributed by atoms with E-state index in [4.69, 9.17) is 0 Å². The van der Waals surface area contributed by atoms with Gasteiger partial charge in [-0.2, -0.15) is 0 Å². The molecule has 5 aromatic rings. The summed E-state index contributed by atoms with van der Waals surface area (Å²) in [5.74, 6) is -0.403. The molecule has 0 saturated carbocycles. The van der Waals surface area contributed by atoms with Gasteiger partial charge in [-0.25, -0.2) is 0 Å². The van der Waals surface area contributed by atoms with Crippen molar-refractivity contribution in [2.75, 3.05) is 0 Å². The highest BCUT2D eigenvalue weighted by Crippen LogP contribution is 2.35. The molecule has 1 N–H and O–H groups in total. The second kappa shape index (κ2) is 7.22. The lowest BCUT2D eigenvalue weighted by molar-refractivity contribution is 0.103. The van der Waals surface area contributed by atoms with Crippen LogP contribution in [0.5, 0.6) is 0 Å². The Morgan fingerprint density at radius 1 is 0.706 bits per heavy atom. The minimum atomic E-state index is -0.342. The van der Waals surface area contributed by atoms with Gasteiger partial charge in [0.15, 0.2) is 16.6 Å². The summed E-state index contributed by atoms with van der Waals surface area (Å²) in [5, 5.41) is 15.1. The lowest BCUT2D eigenvalue weighted by Gasteiger charge is -2.18. The fraction of sp³-hybridized carbons (Fsp3) is 0.0333. The number of ketones is 1. The molecule has 0 aliphatic heterocycles. The third-order valence-electron chi connectivity index (χ3n) is 6.53. The molecule has 1 aliphatic carbocycles. The van der Waals surface area contributed by atoms with Crippen LogP contribution >= 0.6 is 0 Å². The van der Waals surface area contributed by atoms with E-state index in [9.17, 15) is 19.5 Å². The molecule has 5 aromatic carbocycles. The Morgan fingerprint density at radius 3 is 1.85 bits per heavy atom. The first-order chi connectivity index (χ1) is 16.5. The summed E-state index contributed by atoms with van der Waals surface area (Å²) in [6.45, 7) is 1.71. The highest BCUT2D eigenvalue weighted by Gasteiger charge is 2.26. The van der Waals surface area contributed by atoms with Gasteiger partial charge >= 0.3 is 0 Å². The summed E-state index contributed by atoms with van der Waals surface area (Å²) in [7, 11) is 0. The number of rotatable bonds is 2. The van der Waals surface area contributed by atoms with E-state index in [-0.39, 0.29) is 33.2 Å². The largest absolute Gasteiger partial charge is 0.507 e. The van der Waals surface area contributed by atoms with Gasteiger partial charge < -0.3 is 5.11 Å². The van der Waals surface area contributed by atoms with Crippen molar-refractivity contribution in [3.8, 4) is 0 Å². The highest BCUT2D eigenvalue weighted by atomic mass is 16.3. The van der Waals surface area contributed by atoms with Crippen LogP contribution in [-0.4, -0.2) is 10.9 Å². The number of carbonyl (C=O) groups excluding carboxylic acids is 1. The minimum absolute atomic E-state index is 0.0470. The summed E-state index contributed by atoms with van der Waals surface area (Å²) >= 11 is 0. The van der Waals surface area contributed by atoms with Crippen LogP contribution in [0.2, 0.25) is 0 Å². The van der Waals surface area contributed by atoms with Gasteiger partial charge in [-0.15, -0.1) is 0 Å². The van der Waals surface area contributed by atoms with Crippen LogP contribution in [-0.2, 0) is 0 Å². The summed E-state index contributed by atoms with van der Waals surface area (Å²) in [5.41, 5.74) is 1.08. The van der Waals surface area contributed by atoms with Crippen molar-refractivity contribution in [1.29, 1.82) is 0 Å². The topological polar surface area (TPSA) is 71.4 Å². The minimum Gasteiger partial charge on any atom is -0.507 e. The Hall–Kier alpha value is -4.57. The predicted molar refractivity (Wildman–Crippen MR) is 136 cm³/mol. The molecule has 4 nitrogen and oxygen atoms in total. The molecule has 0 heterocycles. The van der Waals surface area contributed by atoms with Gasteiger partial charge in [-0.3, -0.25) is 14.4 Å². The van der Waals surface area contributed by atoms with Crippen molar-refractivity contribution in [3.05, 3.63) is 127 Å². The Labute approximate surface area is 193 Å². The first-order valence-electron chi connectivity index (χ1n) is 11.0. The molecule has 0 spiro atoms. The lowest BCUT2D eigenvalue weighted by Crippen LogP contribution is -2.38. The van der Waals surface area contributed by atoms with Crippen molar-refractivity contribution >= 4 is 49.9 Å². The van der Waals surface area contributed by atoms with Crippen LogP contribution in [0.15, 0.2) is 99.6 Å². The van der Waals surface area contributed by atoms with Crippen LogP contribution in [0, 0.1) is 0 Å². The number of carbonyl (C=O) groups is 1. The Balaban J connectivity index is 1.59. The molecular formula is C30H18O4. The van der Waals surface area contributed by atoms with Gasteiger partial charge in [0.1, 0.15) is 5.76 Å². The number of benzene rings is 5. The zero-order chi connectivity index (χ0) is 23.6. The lowest BCUT2D eigenvalue weighted by atomic mass is 9.86. The van der Waals surface area contributed by atoms with E-state index in [0.717, 1.165) is 16.2 Å². The van der Waals surface area contributed by atoms with Crippen LogP contribution < -0.4 is 16.1 Å². The number of hydrogen-bond donors (Lipinski definition) is 1. The Morgan fingerprint density at radius 2 is 1.24 bits per heavy atom. The van der Waals surface area contributed by atoms with Gasteiger partial charge in [0.25, 0.3) is 0 Å². The molecule has 0 unspecified atom stereocenters. The molecule has 6 rings (SSSR count). The fourth-order valence-electron chi connectivity index (χ4n) is 5.00. The maximum Gasteiger partial charge on any atom is 0.197 e. The quantitative estimate of drug-likeness (QED) is 0.421. The van der Waals surface area contributed by atoms with Crippen molar-refractivity contribution in [2.45, 2.75) is 6.92 Å². The van der Waals surface area contributed by atoms with Crippen molar-refractivity contribution in [1.82, 2.24) is 0 Å². The van der Waals surface area contributed by atoms with Gasteiger partial charge in [0.2, 0.25) is 0 Å². The first kappa shape index (κ1) is 20.1. The van der Waals surface area contributed by atoms with Crippen LogP contribution in [0.4, 0.5) is 0 Å². The van der Waals surface area contributed by atoms with Crippen LogP contribution in [0.25, 0.3) is 44.2 Å². The van der Waals surface area contributed by atoms with E-state index in [2.05, 4.69) is 0 Å². The molecule has 0 radical (unpaired) electrons. The molecule has 0 bridgehead atoms. The van der Waals surface area contributed by atoms with Crippen molar-refractivity contribution < 1.29 is 9.90 Å². The molecule has 0 aromatic heterocycles. The van der Waals surface area contributed by atoms with Gasteiger partial charge in [0.05, 0.1) is 10.8 Å². The zero-order valence-corrected chi connectivity index (χ0v) is 18.3. The number of aliphatic hydroxyl groups is 1. The average molecular weight is 442 g/mol. The highest BCUT2D eigenvalue weighted by molar-refractivity contribution is 6.25. The smallest absolute Gasteiger partial charge is 0.197 e. The average Bonchev–Trinajstić information content (AvgIpc) is 2.86. The summed E-state index contributed by atoms with van der Waals surface area (Å²) < 4.78 is 0. The third kappa shape index (κ3) is 2.75. The third-order valence-corrected chi connectivity index (χ3v) is 6.53. The van der Waals surface area contributed by atoms with Gasteiger partial charge in [0, 0.05) is 32.7 Å². The van der Waals surface area contributed by atoms with Crippen molar-refractivity contribution in [2.24, 2.45) is 0 Å². The summed E-state index contributed by atoms with van der Waals surface area (Å²) in [6, 6.07) is 21.8. The molecule has 4 heteroatoms. The molecule has 0 atom stereocenters. The predicted octanol–water partition coefficient (Wildman–Crippen LogP) is 4.92. The first-order valence-corrected chi connectivity index (χ1v) is 11.0. The maximum absolute atomic E-state index is 13.2. The SMILES string of the molecule is CC(=CC1=C(O)c2cccc3cccc(c23)C1=O)C=c1c(=O)c2cccc3cccc(c1=O)c32. The fourth-order valence-corrected chi connectivity index (χ4v) is 5.00. The van der Waals surface area contributed by atoms with Crippen LogP contribution in [0.3, 0.4) is 0 Å². The second-order valence-corrected chi connectivity index (χ2v) is 8.61. The number of aliphatic hydroxyl groups excluding tert-OH is 1. The molecule has 0 fully saturated rings. The van der Waals surface area contributed by atoms with E-state index in [1.807, 2.05) is 36.4 Å². The van der Waals surface area contributed by atoms with Crippen LogP contribution in [0.1, 0.15) is 22.8 Å². The monoisotopic (exact) mass is 442 g/mol. The molecule has 0 saturated heterocycles. The zero-order valence-electron chi connectivity index (χ0n) is 18.3. The Kier molecular flexibility index (Phi) is 4.26. The normalized spacial score (nSPS) is 13.9. The van der Waals surface area contributed by atoms with Crippen molar-refractivity contribution in [3.63, 3.8) is 0 Å². The summed E-state index contributed by atoms with van der Waals surface area (Å²) in [4.78, 5) is 39.7. The second-order valence-electron chi connectivity index (χ2n) is 8.61. The van der Waals surface area contributed by atoms with E-state index in [1.54, 1.807) is 49.4 Å². The van der Waals surface area contributed by atoms with E-state index in [0.29, 0.717) is 32.9 Å². The number of allylic oxidation sites excluding steroid dienone is 3. The van der Waals surface area contributed by atoms with E-state index < -0.39 is 0 Å². The van der Waals surface area contributed by atoms with Gasteiger partial charge in [-0.1, -0.05) is 72.8 Å². The standard InChI is InChI=1S/C30H18O4/c1-16(14-23-27(31)19-10-2-6-17-7-3-11-20(25(17)19)28(23)32)15-24-29(33)21-12-4-8-18-9-5-13-22(26(18)21)30(24)34/h2-15,31H,1H3. The Bertz CT molecular complexity index is 1860. The van der Waals surface area contributed by atoms with E-state index >= 15 is 0 Å². The molecular weight excluding hydrogens is 424 g/mol. The van der Waals surface area contributed by atoms with Gasteiger partial charge in [-0.05, 0) is 35.4 Å². The number of Topliss-reactive ketones (excluding diaryl/α,β-unsaturated/α-hetero) is 1. The molecule has 162 valence electrons.